The number of anilines is 1. The summed E-state index contributed by atoms with van der Waals surface area (Å²) < 4.78 is 18.2. The molecule has 0 aliphatic rings. The van der Waals surface area contributed by atoms with Crippen molar-refractivity contribution in [1.82, 2.24) is 4.98 Å². The van der Waals surface area contributed by atoms with Crippen molar-refractivity contribution in [3.63, 3.8) is 0 Å². The Bertz CT molecular complexity index is 404. The van der Waals surface area contributed by atoms with Crippen molar-refractivity contribution in [2.75, 3.05) is 5.32 Å². The normalized spacial score (nSPS) is 11.1. The van der Waals surface area contributed by atoms with Crippen LogP contribution in [-0.4, -0.2) is 16.7 Å². The second kappa shape index (κ2) is 4.78. The SMILES string of the molecule is CC(C)(C)OC(=O)Nc1nccc(F)c1Br. The summed E-state index contributed by atoms with van der Waals surface area (Å²) in [5.41, 5.74) is -0.607. The number of rotatable bonds is 1. The largest absolute Gasteiger partial charge is 0.444 e. The first kappa shape index (κ1) is 12.9. The molecule has 16 heavy (non-hydrogen) atoms. The Hall–Kier alpha value is -1.17. The molecule has 0 unspecified atom stereocenters. The molecule has 0 bridgehead atoms. The van der Waals surface area contributed by atoms with Crippen LogP contribution in [-0.2, 0) is 4.74 Å². The molecule has 0 saturated heterocycles. The van der Waals surface area contributed by atoms with Crippen LogP contribution in [0.1, 0.15) is 20.8 Å². The molecular formula is C10H12BrFN2O2. The molecular weight excluding hydrogens is 279 g/mol. The Balaban J connectivity index is 2.74. The van der Waals surface area contributed by atoms with Crippen molar-refractivity contribution < 1.29 is 13.9 Å². The number of halogens is 2. The predicted octanol–water partition coefficient (Wildman–Crippen LogP) is 3.33. The minimum absolute atomic E-state index is 0.0919. The van der Waals surface area contributed by atoms with E-state index in [9.17, 15) is 9.18 Å². The Labute approximate surface area is 101 Å². The van der Waals surface area contributed by atoms with Crippen molar-refractivity contribution >= 4 is 27.8 Å². The zero-order valence-corrected chi connectivity index (χ0v) is 10.8. The molecule has 0 aromatic carbocycles. The van der Waals surface area contributed by atoms with Crippen LogP contribution in [0.25, 0.3) is 0 Å². The van der Waals surface area contributed by atoms with Crippen molar-refractivity contribution in [2.45, 2.75) is 26.4 Å². The van der Waals surface area contributed by atoms with Crippen molar-refractivity contribution in [2.24, 2.45) is 0 Å². The third kappa shape index (κ3) is 3.77. The van der Waals surface area contributed by atoms with Gasteiger partial charge in [0.15, 0.2) is 5.82 Å². The van der Waals surface area contributed by atoms with E-state index >= 15 is 0 Å². The van der Waals surface area contributed by atoms with Gasteiger partial charge in [-0.2, -0.15) is 0 Å². The van der Waals surface area contributed by atoms with Crippen LogP contribution in [0.4, 0.5) is 15.0 Å². The van der Waals surface area contributed by atoms with Gasteiger partial charge >= 0.3 is 6.09 Å². The highest BCUT2D eigenvalue weighted by atomic mass is 79.9. The maximum absolute atomic E-state index is 13.1. The summed E-state index contributed by atoms with van der Waals surface area (Å²) in [7, 11) is 0. The van der Waals surface area contributed by atoms with Gasteiger partial charge in [0.2, 0.25) is 0 Å². The molecule has 0 radical (unpaired) electrons. The average molecular weight is 291 g/mol. The number of hydrogen-bond acceptors (Lipinski definition) is 3. The molecule has 1 rings (SSSR count). The highest BCUT2D eigenvalue weighted by molar-refractivity contribution is 9.10. The second-order valence-electron chi connectivity index (χ2n) is 4.08. The summed E-state index contributed by atoms with van der Waals surface area (Å²) >= 11 is 2.98. The summed E-state index contributed by atoms with van der Waals surface area (Å²) in [5.74, 6) is -0.407. The van der Waals surface area contributed by atoms with Crippen LogP contribution in [0, 0.1) is 5.82 Å². The topological polar surface area (TPSA) is 51.2 Å². The molecule has 1 N–H and O–H groups in total. The maximum atomic E-state index is 13.1. The predicted molar refractivity (Wildman–Crippen MR) is 61.8 cm³/mol. The fraction of sp³-hybridized carbons (Fsp3) is 0.400. The Kier molecular flexibility index (Phi) is 3.85. The van der Waals surface area contributed by atoms with Gasteiger partial charge < -0.3 is 4.74 Å². The van der Waals surface area contributed by atoms with E-state index in [4.69, 9.17) is 4.74 Å². The number of nitrogens with zero attached hydrogens (tertiary/aromatic N) is 1. The number of ether oxygens (including phenoxy) is 1. The van der Waals surface area contributed by atoms with Crippen LogP contribution in [0.15, 0.2) is 16.7 Å². The van der Waals surface area contributed by atoms with E-state index in [1.165, 1.54) is 12.3 Å². The fourth-order valence-electron chi connectivity index (χ4n) is 0.908. The summed E-state index contributed by atoms with van der Waals surface area (Å²) in [6.07, 6.45) is 0.582. The van der Waals surface area contributed by atoms with Gasteiger partial charge in [-0.05, 0) is 42.8 Å². The van der Waals surface area contributed by atoms with Crippen LogP contribution in [0.3, 0.4) is 0 Å². The third-order valence-electron chi connectivity index (χ3n) is 1.46. The van der Waals surface area contributed by atoms with E-state index in [1.807, 2.05) is 0 Å². The molecule has 1 aromatic rings. The van der Waals surface area contributed by atoms with Gasteiger partial charge in [0, 0.05) is 6.20 Å². The van der Waals surface area contributed by atoms with Crippen molar-refractivity contribution in [3.8, 4) is 0 Å². The van der Waals surface area contributed by atoms with Gasteiger partial charge in [0.1, 0.15) is 11.4 Å². The molecule has 88 valence electrons. The molecule has 0 spiro atoms. The van der Waals surface area contributed by atoms with Gasteiger partial charge in [-0.3, -0.25) is 5.32 Å². The summed E-state index contributed by atoms with van der Waals surface area (Å²) in [5, 5.41) is 2.35. The number of amides is 1. The number of hydrogen-bond donors (Lipinski definition) is 1. The van der Waals surface area contributed by atoms with Gasteiger partial charge in [-0.25, -0.2) is 14.2 Å². The van der Waals surface area contributed by atoms with Crippen LogP contribution in [0.2, 0.25) is 0 Å². The Morgan fingerprint density at radius 1 is 1.56 bits per heavy atom. The van der Waals surface area contributed by atoms with Gasteiger partial charge in [0.05, 0.1) is 4.47 Å². The lowest BCUT2D eigenvalue weighted by molar-refractivity contribution is 0.0635. The monoisotopic (exact) mass is 290 g/mol. The average Bonchev–Trinajstić information content (AvgIpc) is 2.09. The molecule has 1 heterocycles. The quantitative estimate of drug-likeness (QED) is 0.863. The van der Waals surface area contributed by atoms with Gasteiger partial charge in [-0.15, -0.1) is 0 Å². The molecule has 0 fully saturated rings. The molecule has 4 nitrogen and oxygen atoms in total. The van der Waals surface area contributed by atoms with E-state index in [1.54, 1.807) is 20.8 Å². The molecule has 1 aromatic heterocycles. The number of carbonyl (C=O) groups is 1. The maximum Gasteiger partial charge on any atom is 0.413 e. The third-order valence-corrected chi connectivity index (χ3v) is 2.22. The van der Waals surface area contributed by atoms with Gasteiger partial charge in [0.25, 0.3) is 0 Å². The lowest BCUT2D eigenvalue weighted by Crippen LogP contribution is -2.27. The zero-order valence-electron chi connectivity index (χ0n) is 9.17. The Morgan fingerprint density at radius 2 is 2.19 bits per heavy atom. The standard InChI is InChI=1S/C10H12BrFN2O2/c1-10(2,3)16-9(15)14-8-7(11)6(12)4-5-13-8/h4-5H,1-3H3,(H,13,14,15). The minimum atomic E-state index is -0.675. The van der Waals surface area contributed by atoms with E-state index in [2.05, 4.69) is 26.2 Å². The zero-order chi connectivity index (χ0) is 12.3. The fourth-order valence-corrected chi connectivity index (χ4v) is 1.24. The molecule has 0 atom stereocenters. The summed E-state index contributed by atoms with van der Waals surface area (Å²) in [6.45, 7) is 5.21. The van der Waals surface area contributed by atoms with E-state index < -0.39 is 17.5 Å². The molecule has 0 aliphatic carbocycles. The molecule has 1 amide bonds. The van der Waals surface area contributed by atoms with Crippen LogP contribution in [0.5, 0.6) is 0 Å². The van der Waals surface area contributed by atoms with Gasteiger partial charge in [-0.1, -0.05) is 0 Å². The van der Waals surface area contributed by atoms with Crippen LogP contribution < -0.4 is 5.32 Å². The lowest BCUT2D eigenvalue weighted by atomic mass is 10.2. The van der Waals surface area contributed by atoms with Crippen molar-refractivity contribution in [3.05, 3.63) is 22.6 Å². The summed E-state index contributed by atoms with van der Waals surface area (Å²) in [4.78, 5) is 15.2. The smallest absolute Gasteiger partial charge is 0.413 e. The highest BCUT2D eigenvalue weighted by Gasteiger charge is 2.18. The van der Waals surface area contributed by atoms with E-state index in [0.29, 0.717) is 0 Å². The summed E-state index contributed by atoms with van der Waals surface area (Å²) in [6, 6.07) is 1.18. The molecule has 0 aliphatic heterocycles. The first-order valence-electron chi connectivity index (χ1n) is 4.59. The van der Waals surface area contributed by atoms with E-state index in [0.717, 1.165) is 0 Å². The van der Waals surface area contributed by atoms with Crippen LogP contribution >= 0.6 is 15.9 Å². The number of carbonyl (C=O) groups excluding carboxylic acids is 1. The lowest BCUT2D eigenvalue weighted by Gasteiger charge is -2.19. The molecule has 0 saturated carbocycles. The first-order chi connectivity index (χ1) is 7.29. The first-order valence-corrected chi connectivity index (χ1v) is 5.39. The minimum Gasteiger partial charge on any atom is -0.444 e. The Morgan fingerprint density at radius 3 is 2.75 bits per heavy atom. The molecule has 6 heteroatoms. The number of aromatic nitrogens is 1. The number of pyridine rings is 1. The number of nitrogens with one attached hydrogen (secondary N) is 1. The highest BCUT2D eigenvalue weighted by Crippen LogP contribution is 2.23. The second-order valence-corrected chi connectivity index (χ2v) is 4.88. The van der Waals surface area contributed by atoms with E-state index in [-0.39, 0.29) is 10.3 Å². The van der Waals surface area contributed by atoms with Crippen molar-refractivity contribution in [1.29, 1.82) is 0 Å².